The number of rotatable bonds is 5. The van der Waals surface area contributed by atoms with Gasteiger partial charge in [0.15, 0.2) is 6.23 Å². The van der Waals surface area contributed by atoms with Gasteiger partial charge in [-0.05, 0) is 41.5 Å². The van der Waals surface area contributed by atoms with Crippen molar-refractivity contribution in [3.8, 4) is 16.9 Å². The first-order chi connectivity index (χ1) is 10.6. The van der Waals surface area contributed by atoms with Gasteiger partial charge in [0, 0.05) is 5.56 Å². The molecule has 0 radical (unpaired) electrons. The third kappa shape index (κ3) is 2.87. The standard InChI is InChI=1S/C19H23NO2/c1-12(2)10-16(21)19(20)22-17-9-5-7-14-11-13-6-3-4-8-15(13)18(14)17/h3-9,12,16,19,21H,10-11,20H2,1-2H3. The van der Waals surface area contributed by atoms with Crippen LogP contribution in [0.5, 0.6) is 5.75 Å². The van der Waals surface area contributed by atoms with Gasteiger partial charge in [-0.1, -0.05) is 50.2 Å². The summed E-state index contributed by atoms with van der Waals surface area (Å²) in [4.78, 5) is 0. The van der Waals surface area contributed by atoms with Crippen LogP contribution in [-0.2, 0) is 6.42 Å². The fourth-order valence-electron chi connectivity index (χ4n) is 3.09. The van der Waals surface area contributed by atoms with Gasteiger partial charge in [-0.3, -0.25) is 5.73 Å². The average Bonchev–Trinajstić information content (AvgIpc) is 2.85. The van der Waals surface area contributed by atoms with Crippen molar-refractivity contribution in [1.82, 2.24) is 0 Å². The minimum Gasteiger partial charge on any atom is -0.472 e. The van der Waals surface area contributed by atoms with E-state index in [1.165, 1.54) is 16.7 Å². The Morgan fingerprint density at radius 2 is 1.82 bits per heavy atom. The molecule has 0 heterocycles. The summed E-state index contributed by atoms with van der Waals surface area (Å²) in [5.74, 6) is 1.14. The molecule has 0 spiro atoms. The van der Waals surface area contributed by atoms with Crippen LogP contribution >= 0.6 is 0 Å². The van der Waals surface area contributed by atoms with Gasteiger partial charge < -0.3 is 9.84 Å². The molecule has 3 N–H and O–H groups in total. The average molecular weight is 297 g/mol. The number of hydrogen-bond donors (Lipinski definition) is 2. The monoisotopic (exact) mass is 297 g/mol. The fraction of sp³-hybridized carbons (Fsp3) is 0.368. The van der Waals surface area contributed by atoms with Gasteiger partial charge >= 0.3 is 0 Å². The molecule has 0 bridgehead atoms. The van der Waals surface area contributed by atoms with Crippen molar-refractivity contribution in [2.24, 2.45) is 11.7 Å². The molecule has 2 aromatic carbocycles. The lowest BCUT2D eigenvalue weighted by molar-refractivity contribution is 0.0271. The first-order valence-corrected chi connectivity index (χ1v) is 7.86. The predicted molar refractivity (Wildman–Crippen MR) is 88.7 cm³/mol. The number of benzene rings is 2. The van der Waals surface area contributed by atoms with Crippen LogP contribution < -0.4 is 10.5 Å². The number of hydrogen-bond acceptors (Lipinski definition) is 3. The topological polar surface area (TPSA) is 55.5 Å². The van der Waals surface area contributed by atoms with E-state index in [-0.39, 0.29) is 0 Å². The van der Waals surface area contributed by atoms with Crippen LogP contribution in [0, 0.1) is 5.92 Å². The van der Waals surface area contributed by atoms with Gasteiger partial charge in [-0.2, -0.15) is 0 Å². The SMILES string of the molecule is CC(C)CC(O)C(N)Oc1cccc2c1-c1ccccc1C2. The highest BCUT2D eigenvalue weighted by atomic mass is 16.5. The Morgan fingerprint density at radius 3 is 2.59 bits per heavy atom. The lowest BCUT2D eigenvalue weighted by atomic mass is 10.0. The molecule has 0 saturated carbocycles. The van der Waals surface area contributed by atoms with Crippen LogP contribution in [0.4, 0.5) is 0 Å². The molecule has 1 aliphatic carbocycles. The Labute approximate surface area is 131 Å². The second-order valence-corrected chi connectivity index (χ2v) is 6.40. The van der Waals surface area contributed by atoms with E-state index in [4.69, 9.17) is 10.5 Å². The van der Waals surface area contributed by atoms with Crippen LogP contribution in [0.1, 0.15) is 31.4 Å². The maximum atomic E-state index is 10.1. The van der Waals surface area contributed by atoms with Crippen molar-refractivity contribution in [3.63, 3.8) is 0 Å². The molecular weight excluding hydrogens is 274 g/mol. The van der Waals surface area contributed by atoms with Gasteiger partial charge in [0.05, 0.1) is 0 Å². The number of aliphatic hydroxyl groups excluding tert-OH is 1. The maximum Gasteiger partial charge on any atom is 0.173 e. The van der Waals surface area contributed by atoms with E-state index >= 15 is 0 Å². The lowest BCUT2D eigenvalue weighted by Gasteiger charge is -2.23. The molecular formula is C19H23NO2. The molecule has 116 valence electrons. The highest BCUT2D eigenvalue weighted by Crippen LogP contribution is 2.42. The summed E-state index contributed by atoms with van der Waals surface area (Å²) in [5.41, 5.74) is 10.9. The van der Waals surface area contributed by atoms with Crippen molar-refractivity contribution < 1.29 is 9.84 Å². The molecule has 1 aliphatic rings. The highest BCUT2D eigenvalue weighted by molar-refractivity contribution is 5.81. The van der Waals surface area contributed by atoms with E-state index in [0.717, 1.165) is 17.7 Å². The van der Waals surface area contributed by atoms with E-state index in [1.807, 2.05) is 18.2 Å². The van der Waals surface area contributed by atoms with Crippen molar-refractivity contribution >= 4 is 0 Å². The molecule has 0 fully saturated rings. The molecule has 0 aromatic heterocycles. The van der Waals surface area contributed by atoms with E-state index in [1.54, 1.807) is 0 Å². The Morgan fingerprint density at radius 1 is 1.09 bits per heavy atom. The Kier molecular flexibility index (Phi) is 4.19. The molecule has 3 nitrogen and oxygen atoms in total. The number of nitrogens with two attached hydrogens (primary N) is 1. The number of ether oxygens (including phenoxy) is 1. The van der Waals surface area contributed by atoms with Gasteiger partial charge in [0.1, 0.15) is 11.9 Å². The normalized spacial score (nSPS) is 15.3. The summed E-state index contributed by atoms with van der Waals surface area (Å²) in [6.07, 6.45) is 0.188. The quantitative estimate of drug-likeness (QED) is 0.710. The predicted octanol–water partition coefficient (Wildman–Crippen LogP) is 3.33. The van der Waals surface area contributed by atoms with E-state index < -0.39 is 12.3 Å². The minimum atomic E-state index is -0.707. The largest absolute Gasteiger partial charge is 0.472 e. The lowest BCUT2D eigenvalue weighted by Crippen LogP contribution is -2.40. The first-order valence-electron chi connectivity index (χ1n) is 7.86. The molecule has 3 rings (SSSR count). The molecule has 0 amide bonds. The third-order valence-electron chi connectivity index (χ3n) is 4.14. The van der Waals surface area contributed by atoms with Crippen molar-refractivity contribution in [1.29, 1.82) is 0 Å². The van der Waals surface area contributed by atoms with Gasteiger partial charge in [0.25, 0.3) is 0 Å². The van der Waals surface area contributed by atoms with Crippen molar-refractivity contribution in [2.75, 3.05) is 0 Å². The van der Waals surface area contributed by atoms with Crippen molar-refractivity contribution in [3.05, 3.63) is 53.6 Å². The van der Waals surface area contributed by atoms with E-state index in [9.17, 15) is 5.11 Å². The summed E-state index contributed by atoms with van der Waals surface area (Å²) in [6.45, 7) is 4.12. The second-order valence-electron chi connectivity index (χ2n) is 6.40. The Hall–Kier alpha value is -1.84. The minimum absolute atomic E-state index is 0.381. The van der Waals surface area contributed by atoms with Crippen LogP contribution in [0.3, 0.4) is 0 Å². The fourth-order valence-corrected chi connectivity index (χ4v) is 3.09. The molecule has 22 heavy (non-hydrogen) atoms. The van der Waals surface area contributed by atoms with Gasteiger partial charge in [-0.15, -0.1) is 0 Å². The smallest absolute Gasteiger partial charge is 0.173 e. The molecule has 2 aromatic rings. The summed E-state index contributed by atoms with van der Waals surface area (Å²) >= 11 is 0. The molecule has 2 atom stereocenters. The van der Waals surface area contributed by atoms with Crippen LogP contribution in [0.2, 0.25) is 0 Å². The van der Waals surface area contributed by atoms with Gasteiger partial charge in [0.2, 0.25) is 0 Å². The zero-order valence-corrected chi connectivity index (χ0v) is 13.1. The molecule has 2 unspecified atom stereocenters. The van der Waals surface area contributed by atoms with Gasteiger partial charge in [-0.25, -0.2) is 0 Å². The third-order valence-corrected chi connectivity index (χ3v) is 4.14. The zero-order chi connectivity index (χ0) is 15.7. The number of fused-ring (bicyclic) bond motifs is 3. The molecule has 0 aliphatic heterocycles. The zero-order valence-electron chi connectivity index (χ0n) is 13.1. The maximum absolute atomic E-state index is 10.1. The first kappa shape index (κ1) is 15.1. The van der Waals surface area contributed by atoms with Crippen LogP contribution in [-0.4, -0.2) is 17.4 Å². The van der Waals surface area contributed by atoms with Crippen LogP contribution in [0.25, 0.3) is 11.1 Å². The van der Waals surface area contributed by atoms with Crippen molar-refractivity contribution in [2.45, 2.75) is 39.0 Å². The Bertz CT molecular complexity index is 666. The summed E-state index contributed by atoms with van der Waals surface area (Å²) < 4.78 is 5.90. The summed E-state index contributed by atoms with van der Waals surface area (Å²) in [6, 6.07) is 14.4. The second kappa shape index (κ2) is 6.11. The molecule has 0 saturated heterocycles. The summed E-state index contributed by atoms with van der Waals surface area (Å²) in [5, 5.41) is 10.1. The van der Waals surface area contributed by atoms with Crippen LogP contribution in [0.15, 0.2) is 42.5 Å². The van der Waals surface area contributed by atoms with E-state index in [2.05, 4.69) is 38.1 Å². The number of aliphatic hydroxyl groups is 1. The Balaban J connectivity index is 1.87. The van der Waals surface area contributed by atoms with E-state index in [0.29, 0.717) is 12.3 Å². The summed E-state index contributed by atoms with van der Waals surface area (Å²) in [7, 11) is 0. The molecule has 3 heteroatoms. The highest BCUT2D eigenvalue weighted by Gasteiger charge is 2.24.